The minimum absolute atomic E-state index is 0.00222. The zero-order valence-corrected chi connectivity index (χ0v) is 23.9. The number of hydrogen-bond donors (Lipinski definition) is 5. The Morgan fingerprint density at radius 2 is 1.42 bits per heavy atom. The molecule has 8 nitrogen and oxygen atoms in total. The van der Waals surface area contributed by atoms with E-state index >= 15 is 0 Å². The van der Waals surface area contributed by atoms with Crippen LogP contribution in [-0.4, -0.2) is 59.6 Å². The van der Waals surface area contributed by atoms with E-state index in [0.29, 0.717) is 19.5 Å². The van der Waals surface area contributed by atoms with Gasteiger partial charge in [-0.25, -0.2) is 0 Å². The molecular weight excluding hydrogens is 478 g/mol. The molecule has 1 aromatic rings. The first kappa shape index (κ1) is 33.4. The number of benzene rings is 1. The number of nitrogens with zero attached hydrogens (tertiary/aromatic N) is 1. The lowest BCUT2D eigenvalue weighted by Gasteiger charge is -2.29. The normalized spacial score (nSPS) is 12.5. The van der Waals surface area contributed by atoms with E-state index in [1.165, 1.54) is 51.4 Å². The van der Waals surface area contributed by atoms with Gasteiger partial charge >= 0.3 is 0 Å². The SMILES string of the molecule is CCCCCCCCN(CCCCCCCC)C(=O)[C@H](Cc1ccccc1)NC(=O)CC(O)CNC(=N)N. The summed E-state index contributed by atoms with van der Waals surface area (Å²) in [4.78, 5) is 28.5. The maximum absolute atomic E-state index is 13.8. The second-order valence-electron chi connectivity index (χ2n) is 10.3. The van der Waals surface area contributed by atoms with Crippen LogP contribution >= 0.6 is 0 Å². The van der Waals surface area contributed by atoms with Crippen molar-refractivity contribution in [3.8, 4) is 0 Å². The number of nitrogens with two attached hydrogens (primary N) is 1. The fourth-order valence-electron chi connectivity index (χ4n) is 4.54. The molecule has 2 atom stereocenters. The molecule has 1 aromatic carbocycles. The molecule has 1 unspecified atom stereocenters. The van der Waals surface area contributed by atoms with E-state index in [-0.39, 0.29) is 24.8 Å². The van der Waals surface area contributed by atoms with E-state index < -0.39 is 18.1 Å². The average molecular weight is 532 g/mol. The predicted molar refractivity (Wildman–Crippen MR) is 156 cm³/mol. The molecule has 0 saturated carbocycles. The van der Waals surface area contributed by atoms with Crippen molar-refractivity contribution in [1.82, 2.24) is 15.5 Å². The van der Waals surface area contributed by atoms with Gasteiger partial charge < -0.3 is 26.4 Å². The van der Waals surface area contributed by atoms with Gasteiger partial charge in [-0.2, -0.15) is 0 Å². The molecule has 1 rings (SSSR count). The van der Waals surface area contributed by atoms with Gasteiger partial charge in [-0.3, -0.25) is 15.0 Å². The smallest absolute Gasteiger partial charge is 0.245 e. The van der Waals surface area contributed by atoms with Crippen molar-refractivity contribution in [1.29, 1.82) is 5.41 Å². The predicted octanol–water partition coefficient (Wildman–Crippen LogP) is 4.50. The molecule has 0 heterocycles. The number of nitrogens with one attached hydrogen (secondary N) is 3. The van der Waals surface area contributed by atoms with E-state index in [4.69, 9.17) is 11.1 Å². The van der Waals surface area contributed by atoms with Crippen LogP contribution in [0.25, 0.3) is 0 Å². The summed E-state index contributed by atoms with van der Waals surface area (Å²) in [5, 5.41) is 22.8. The van der Waals surface area contributed by atoms with Gasteiger partial charge in [-0.1, -0.05) is 108 Å². The quantitative estimate of drug-likeness (QED) is 0.0854. The van der Waals surface area contributed by atoms with E-state index in [1.807, 2.05) is 35.2 Å². The number of unbranched alkanes of at least 4 members (excludes halogenated alkanes) is 10. The van der Waals surface area contributed by atoms with Crippen molar-refractivity contribution in [2.45, 2.75) is 116 Å². The molecule has 0 aliphatic heterocycles. The molecule has 0 aromatic heterocycles. The number of aliphatic hydroxyl groups excluding tert-OH is 1. The minimum atomic E-state index is -1.01. The molecule has 0 saturated heterocycles. The van der Waals surface area contributed by atoms with Crippen LogP contribution < -0.4 is 16.4 Å². The molecule has 0 radical (unpaired) electrons. The van der Waals surface area contributed by atoms with E-state index in [1.54, 1.807) is 0 Å². The van der Waals surface area contributed by atoms with Crippen LogP contribution in [0.15, 0.2) is 30.3 Å². The summed E-state index contributed by atoms with van der Waals surface area (Å²) >= 11 is 0. The number of carbonyl (C=O) groups excluding carboxylic acids is 2. The van der Waals surface area contributed by atoms with Crippen LogP contribution in [0.5, 0.6) is 0 Å². The third-order valence-corrected chi connectivity index (χ3v) is 6.74. The summed E-state index contributed by atoms with van der Waals surface area (Å²) < 4.78 is 0. The Hall–Kier alpha value is -2.61. The Kier molecular flexibility index (Phi) is 18.8. The first-order valence-electron chi connectivity index (χ1n) is 14.7. The van der Waals surface area contributed by atoms with Crippen LogP contribution in [0.4, 0.5) is 0 Å². The first-order valence-corrected chi connectivity index (χ1v) is 14.7. The fraction of sp³-hybridized carbons (Fsp3) is 0.700. The number of guanidine groups is 1. The molecule has 216 valence electrons. The standard InChI is InChI=1S/C30H53N5O3/c1-3-5-7-9-11-16-20-35(21-17-12-10-8-6-4-2)29(38)27(22-25-18-14-13-15-19-25)34-28(37)23-26(36)24-33-30(31)32/h13-15,18-19,26-27,36H,3-12,16-17,20-24H2,1-2H3,(H,34,37)(H4,31,32,33)/t26?,27-/m0/s1. The monoisotopic (exact) mass is 531 g/mol. The number of rotatable bonds is 22. The van der Waals surface area contributed by atoms with Crippen molar-refractivity contribution in [3.63, 3.8) is 0 Å². The van der Waals surface area contributed by atoms with Gasteiger partial charge in [0.05, 0.1) is 12.5 Å². The zero-order valence-electron chi connectivity index (χ0n) is 23.9. The maximum atomic E-state index is 13.8. The first-order chi connectivity index (χ1) is 18.4. The third kappa shape index (κ3) is 16.3. The van der Waals surface area contributed by atoms with Gasteiger partial charge in [0, 0.05) is 26.1 Å². The van der Waals surface area contributed by atoms with Crippen molar-refractivity contribution >= 4 is 17.8 Å². The number of aliphatic hydroxyl groups is 1. The van der Waals surface area contributed by atoms with Crippen LogP contribution in [0.1, 0.15) is 103 Å². The second-order valence-corrected chi connectivity index (χ2v) is 10.3. The van der Waals surface area contributed by atoms with E-state index in [0.717, 1.165) is 31.2 Å². The molecule has 0 spiro atoms. The Morgan fingerprint density at radius 3 is 1.95 bits per heavy atom. The van der Waals surface area contributed by atoms with E-state index in [9.17, 15) is 14.7 Å². The fourth-order valence-corrected chi connectivity index (χ4v) is 4.54. The topological polar surface area (TPSA) is 132 Å². The summed E-state index contributed by atoms with van der Waals surface area (Å²) in [7, 11) is 0. The lowest BCUT2D eigenvalue weighted by molar-refractivity contribution is -0.137. The highest BCUT2D eigenvalue weighted by atomic mass is 16.3. The highest BCUT2D eigenvalue weighted by molar-refractivity contribution is 5.88. The highest BCUT2D eigenvalue weighted by Gasteiger charge is 2.26. The van der Waals surface area contributed by atoms with Gasteiger partial charge in [0.15, 0.2) is 5.96 Å². The van der Waals surface area contributed by atoms with Crippen molar-refractivity contribution in [3.05, 3.63) is 35.9 Å². The Bertz CT molecular complexity index is 758. The number of amides is 2. The van der Waals surface area contributed by atoms with E-state index in [2.05, 4.69) is 24.5 Å². The minimum Gasteiger partial charge on any atom is -0.391 e. The van der Waals surface area contributed by atoms with Gasteiger partial charge in [-0.05, 0) is 18.4 Å². The molecular formula is C30H53N5O3. The molecule has 0 aliphatic rings. The van der Waals surface area contributed by atoms with Crippen LogP contribution in [0, 0.1) is 5.41 Å². The average Bonchev–Trinajstić information content (AvgIpc) is 2.90. The molecule has 0 bridgehead atoms. The summed E-state index contributed by atoms with van der Waals surface area (Å²) in [5.74, 6) is -0.710. The van der Waals surface area contributed by atoms with Gasteiger partial charge in [-0.15, -0.1) is 0 Å². The molecule has 8 heteroatoms. The van der Waals surface area contributed by atoms with Crippen molar-refractivity contribution < 1.29 is 14.7 Å². The molecule has 0 fully saturated rings. The maximum Gasteiger partial charge on any atom is 0.245 e. The number of carbonyl (C=O) groups is 2. The van der Waals surface area contributed by atoms with Gasteiger partial charge in [0.25, 0.3) is 0 Å². The Balaban J connectivity index is 2.87. The summed E-state index contributed by atoms with van der Waals surface area (Å²) in [5.41, 5.74) is 6.25. The van der Waals surface area contributed by atoms with Gasteiger partial charge in [0.1, 0.15) is 6.04 Å². The van der Waals surface area contributed by atoms with Gasteiger partial charge in [0.2, 0.25) is 11.8 Å². The second kappa shape index (κ2) is 21.3. The highest BCUT2D eigenvalue weighted by Crippen LogP contribution is 2.13. The third-order valence-electron chi connectivity index (χ3n) is 6.74. The van der Waals surface area contributed by atoms with Crippen LogP contribution in [0.2, 0.25) is 0 Å². The molecule has 6 N–H and O–H groups in total. The molecule has 38 heavy (non-hydrogen) atoms. The van der Waals surface area contributed by atoms with Crippen LogP contribution in [-0.2, 0) is 16.0 Å². The molecule has 0 aliphatic carbocycles. The lowest BCUT2D eigenvalue weighted by Crippen LogP contribution is -2.51. The largest absolute Gasteiger partial charge is 0.391 e. The van der Waals surface area contributed by atoms with Crippen molar-refractivity contribution in [2.24, 2.45) is 5.73 Å². The molecule has 2 amide bonds. The number of hydrogen-bond acceptors (Lipinski definition) is 4. The summed E-state index contributed by atoms with van der Waals surface area (Å²) in [6, 6.07) is 9.02. The van der Waals surface area contributed by atoms with Crippen LogP contribution in [0.3, 0.4) is 0 Å². The lowest BCUT2D eigenvalue weighted by atomic mass is 10.0. The zero-order chi connectivity index (χ0) is 28.0. The van der Waals surface area contributed by atoms with Crippen molar-refractivity contribution in [2.75, 3.05) is 19.6 Å². The Morgan fingerprint density at radius 1 is 0.895 bits per heavy atom. The Labute approximate surface area is 230 Å². The summed E-state index contributed by atoms with van der Waals surface area (Å²) in [6.07, 6.45) is 13.1. The summed E-state index contributed by atoms with van der Waals surface area (Å²) in [6.45, 7) is 5.82.